The summed E-state index contributed by atoms with van der Waals surface area (Å²) in [6, 6.07) is 14.5. The van der Waals surface area contributed by atoms with Gasteiger partial charge in [-0.1, -0.05) is 12.1 Å². The number of benzene rings is 1. The summed E-state index contributed by atoms with van der Waals surface area (Å²) >= 11 is 0. The molecule has 0 saturated carbocycles. The van der Waals surface area contributed by atoms with E-state index in [2.05, 4.69) is 15.4 Å². The van der Waals surface area contributed by atoms with E-state index in [4.69, 9.17) is 10.00 Å². The number of ether oxygens (including phenoxy) is 1. The average Bonchev–Trinajstić information content (AvgIpc) is 3.15. The zero-order valence-corrected chi connectivity index (χ0v) is 14.9. The van der Waals surface area contributed by atoms with Gasteiger partial charge in [-0.05, 0) is 43.2 Å². The molecule has 0 fully saturated rings. The fraction of sp³-hybridized carbons (Fsp3) is 0.200. The van der Waals surface area contributed by atoms with E-state index in [1.54, 1.807) is 54.3 Å². The SMILES string of the molecule is C[C@@H](Oc1ccccc1C#N)C(=O)Nc1ccn(CCc2ccncc2)n1. The van der Waals surface area contributed by atoms with E-state index in [9.17, 15) is 4.79 Å². The highest BCUT2D eigenvalue weighted by atomic mass is 16.5. The van der Waals surface area contributed by atoms with Crippen LogP contribution < -0.4 is 10.1 Å². The number of nitriles is 1. The van der Waals surface area contributed by atoms with Gasteiger partial charge >= 0.3 is 0 Å². The molecule has 0 aliphatic rings. The quantitative estimate of drug-likeness (QED) is 0.698. The van der Waals surface area contributed by atoms with E-state index < -0.39 is 6.10 Å². The van der Waals surface area contributed by atoms with E-state index in [1.165, 1.54) is 5.56 Å². The number of nitrogens with zero attached hydrogens (tertiary/aromatic N) is 4. The Hall–Kier alpha value is -3.66. The normalized spacial score (nSPS) is 11.4. The van der Waals surface area contributed by atoms with Gasteiger partial charge in [0.25, 0.3) is 5.91 Å². The number of anilines is 1. The number of hydrogen-bond acceptors (Lipinski definition) is 5. The van der Waals surface area contributed by atoms with Crippen LogP contribution in [0.5, 0.6) is 5.75 Å². The zero-order chi connectivity index (χ0) is 19.1. The van der Waals surface area contributed by atoms with E-state index in [1.807, 2.05) is 24.4 Å². The monoisotopic (exact) mass is 361 g/mol. The molecule has 27 heavy (non-hydrogen) atoms. The molecular weight excluding hydrogens is 342 g/mol. The number of amides is 1. The van der Waals surface area contributed by atoms with Crippen LogP contribution in [0.25, 0.3) is 0 Å². The van der Waals surface area contributed by atoms with Crippen LogP contribution in [0.15, 0.2) is 61.1 Å². The predicted octanol–water partition coefficient (Wildman–Crippen LogP) is 2.80. The molecule has 0 bridgehead atoms. The van der Waals surface area contributed by atoms with Gasteiger partial charge in [-0.15, -0.1) is 0 Å². The minimum Gasteiger partial charge on any atom is -0.480 e. The number of para-hydroxylation sites is 1. The number of rotatable bonds is 7. The van der Waals surface area contributed by atoms with Crippen LogP contribution in [0.3, 0.4) is 0 Å². The van der Waals surface area contributed by atoms with Gasteiger partial charge in [-0.2, -0.15) is 10.4 Å². The molecule has 3 aromatic rings. The van der Waals surface area contributed by atoms with E-state index in [-0.39, 0.29) is 5.91 Å². The molecule has 1 N–H and O–H groups in total. The highest BCUT2D eigenvalue weighted by molar-refractivity contribution is 5.93. The molecule has 0 aliphatic carbocycles. The zero-order valence-electron chi connectivity index (χ0n) is 14.9. The summed E-state index contributed by atoms with van der Waals surface area (Å²) in [5.41, 5.74) is 1.56. The number of carbonyl (C=O) groups is 1. The fourth-order valence-corrected chi connectivity index (χ4v) is 2.48. The first-order valence-corrected chi connectivity index (χ1v) is 8.54. The first kappa shape index (κ1) is 18.1. The van der Waals surface area contributed by atoms with Gasteiger partial charge in [0.15, 0.2) is 11.9 Å². The highest BCUT2D eigenvalue weighted by Crippen LogP contribution is 2.18. The Kier molecular flexibility index (Phi) is 5.80. The number of nitrogens with one attached hydrogen (secondary N) is 1. The molecule has 7 heteroatoms. The lowest BCUT2D eigenvalue weighted by molar-refractivity contribution is -0.122. The Morgan fingerprint density at radius 1 is 1.26 bits per heavy atom. The maximum Gasteiger partial charge on any atom is 0.266 e. The largest absolute Gasteiger partial charge is 0.480 e. The summed E-state index contributed by atoms with van der Waals surface area (Å²) in [5, 5.41) is 16.2. The van der Waals surface area contributed by atoms with Crippen molar-refractivity contribution in [1.29, 1.82) is 5.26 Å². The summed E-state index contributed by atoms with van der Waals surface area (Å²) in [6.07, 6.45) is 5.39. The third kappa shape index (κ3) is 4.92. The van der Waals surface area contributed by atoms with E-state index >= 15 is 0 Å². The lowest BCUT2D eigenvalue weighted by Gasteiger charge is -2.14. The molecule has 2 heterocycles. The highest BCUT2D eigenvalue weighted by Gasteiger charge is 2.17. The second-order valence-electron chi connectivity index (χ2n) is 5.93. The number of pyridine rings is 1. The predicted molar refractivity (Wildman–Crippen MR) is 100 cm³/mol. The smallest absolute Gasteiger partial charge is 0.266 e. The summed E-state index contributed by atoms with van der Waals surface area (Å²) in [5.74, 6) is 0.506. The molecule has 0 aliphatic heterocycles. The molecule has 1 aromatic carbocycles. The van der Waals surface area contributed by atoms with Gasteiger partial charge in [0.2, 0.25) is 0 Å². The number of carbonyl (C=O) groups excluding carboxylic acids is 1. The van der Waals surface area contributed by atoms with Crippen molar-refractivity contribution in [3.05, 3.63) is 72.2 Å². The molecular formula is C20H19N5O2. The van der Waals surface area contributed by atoms with Gasteiger partial charge in [-0.3, -0.25) is 14.5 Å². The van der Waals surface area contributed by atoms with Gasteiger partial charge in [0.1, 0.15) is 11.8 Å². The minimum atomic E-state index is -0.763. The van der Waals surface area contributed by atoms with Crippen LogP contribution >= 0.6 is 0 Å². The molecule has 0 unspecified atom stereocenters. The van der Waals surface area contributed by atoms with Crippen LogP contribution in [0.4, 0.5) is 5.82 Å². The lowest BCUT2D eigenvalue weighted by atomic mass is 10.2. The number of aromatic nitrogens is 3. The molecule has 3 rings (SSSR count). The standard InChI is InChI=1S/C20H19N5O2/c1-15(27-18-5-3-2-4-17(18)14-21)20(26)23-19-9-13-25(24-19)12-8-16-6-10-22-11-7-16/h2-7,9-11,13,15H,8,12H2,1H3,(H,23,24,26)/t15-/m1/s1. The van der Waals surface area contributed by atoms with Crippen molar-refractivity contribution in [2.24, 2.45) is 0 Å². The lowest BCUT2D eigenvalue weighted by Crippen LogP contribution is -2.30. The van der Waals surface area contributed by atoms with Gasteiger partial charge in [-0.25, -0.2) is 0 Å². The first-order chi connectivity index (χ1) is 13.2. The minimum absolute atomic E-state index is 0.331. The molecule has 0 saturated heterocycles. The average molecular weight is 361 g/mol. The van der Waals surface area contributed by atoms with Crippen LogP contribution in [0.1, 0.15) is 18.1 Å². The van der Waals surface area contributed by atoms with Crippen LogP contribution in [0, 0.1) is 11.3 Å². The molecule has 7 nitrogen and oxygen atoms in total. The molecule has 136 valence electrons. The van der Waals surface area contributed by atoms with Crippen molar-refractivity contribution >= 4 is 11.7 Å². The summed E-state index contributed by atoms with van der Waals surface area (Å²) < 4.78 is 7.38. The van der Waals surface area contributed by atoms with Crippen LogP contribution in [-0.4, -0.2) is 26.8 Å². The van der Waals surface area contributed by atoms with Crippen molar-refractivity contribution in [3.8, 4) is 11.8 Å². The molecule has 1 atom stereocenters. The first-order valence-electron chi connectivity index (χ1n) is 8.54. The molecule has 1 amide bonds. The molecule has 2 aromatic heterocycles. The Morgan fingerprint density at radius 3 is 2.81 bits per heavy atom. The summed E-state index contributed by atoms with van der Waals surface area (Å²) in [4.78, 5) is 16.3. The van der Waals surface area contributed by atoms with E-state index in [0.717, 1.165) is 6.42 Å². The Labute approximate surface area is 157 Å². The summed E-state index contributed by atoms with van der Waals surface area (Å²) in [6.45, 7) is 2.32. The van der Waals surface area contributed by atoms with E-state index in [0.29, 0.717) is 23.7 Å². The van der Waals surface area contributed by atoms with Crippen molar-refractivity contribution in [2.45, 2.75) is 26.0 Å². The van der Waals surface area contributed by atoms with Gasteiger partial charge in [0, 0.05) is 31.2 Å². The second-order valence-corrected chi connectivity index (χ2v) is 5.93. The van der Waals surface area contributed by atoms with Gasteiger partial charge in [0.05, 0.1) is 5.56 Å². The third-order valence-electron chi connectivity index (χ3n) is 3.95. The maximum atomic E-state index is 12.3. The molecule has 0 spiro atoms. The summed E-state index contributed by atoms with van der Waals surface area (Å²) in [7, 11) is 0. The van der Waals surface area contributed by atoms with Crippen molar-refractivity contribution in [2.75, 3.05) is 5.32 Å². The maximum absolute atomic E-state index is 12.3. The molecule has 0 radical (unpaired) electrons. The Balaban J connectivity index is 1.55. The Morgan fingerprint density at radius 2 is 2.04 bits per heavy atom. The van der Waals surface area contributed by atoms with Crippen molar-refractivity contribution in [3.63, 3.8) is 0 Å². The van der Waals surface area contributed by atoms with Crippen LogP contribution in [-0.2, 0) is 17.8 Å². The van der Waals surface area contributed by atoms with Gasteiger partial charge < -0.3 is 10.1 Å². The number of hydrogen-bond donors (Lipinski definition) is 1. The van der Waals surface area contributed by atoms with Crippen molar-refractivity contribution < 1.29 is 9.53 Å². The number of aryl methyl sites for hydroxylation is 2. The fourth-order valence-electron chi connectivity index (χ4n) is 2.48. The Bertz CT molecular complexity index is 946. The van der Waals surface area contributed by atoms with Crippen molar-refractivity contribution in [1.82, 2.24) is 14.8 Å². The third-order valence-corrected chi connectivity index (χ3v) is 3.95. The topological polar surface area (TPSA) is 92.8 Å². The van der Waals surface area contributed by atoms with Crippen LogP contribution in [0.2, 0.25) is 0 Å². The second kappa shape index (κ2) is 8.63.